The van der Waals surface area contributed by atoms with E-state index in [0.717, 1.165) is 25.8 Å². The zero-order valence-electron chi connectivity index (χ0n) is 11.8. The molecule has 2 rings (SSSR count). The fraction of sp³-hybridized carbons (Fsp3) is 0.929. The minimum atomic E-state index is -0.480. The largest absolute Gasteiger partial charge is 0.391 e. The molecule has 1 heterocycles. The Morgan fingerprint density at radius 3 is 2.56 bits per heavy atom. The highest BCUT2D eigenvalue weighted by Gasteiger charge is 2.42. The van der Waals surface area contributed by atoms with Crippen LogP contribution >= 0.6 is 0 Å². The number of carbonyl (C=O) groups excluding carboxylic acids is 1. The summed E-state index contributed by atoms with van der Waals surface area (Å²) in [7, 11) is 0. The SMILES string of the molecule is CC1(C)CC(N)CC(C)(CN2CC(O)CC2=O)C1. The van der Waals surface area contributed by atoms with Crippen molar-refractivity contribution in [1.82, 2.24) is 4.90 Å². The fourth-order valence-electron chi connectivity index (χ4n) is 4.20. The Bertz CT molecular complexity index is 343. The third kappa shape index (κ3) is 3.04. The van der Waals surface area contributed by atoms with Crippen molar-refractivity contribution in [3.05, 3.63) is 0 Å². The van der Waals surface area contributed by atoms with Crippen LogP contribution in [-0.4, -0.2) is 41.1 Å². The van der Waals surface area contributed by atoms with Crippen LogP contribution in [0.25, 0.3) is 0 Å². The second-order valence-corrected chi connectivity index (χ2v) is 7.45. The van der Waals surface area contributed by atoms with Crippen LogP contribution in [0.3, 0.4) is 0 Å². The lowest BCUT2D eigenvalue weighted by Crippen LogP contribution is -2.48. The summed E-state index contributed by atoms with van der Waals surface area (Å²) in [6, 6.07) is 0.223. The first-order valence-electron chi connectivity index (χ1n) is 6.91. The first kappa shape index (κ1) is 13.8. The van der Waals surface area contributed by atoms with E-state index in [2.05, 4.69) is 20.8 Å². The molecule has 3 unspecified atom stereocenters. The second-order valence-electron chi connectivity index (χ2n) is 7.45. The molecule has 0 radical (unpaired) electrons. The topological polar surface area (TPSA) is 66.6 Å². The van der Waals surface area contributed by atoms with E-state index in [9.17, 15) is 9.90 Å². The summed E-state index contributed by atoms with van der Waals surface area (Å²) < 4.78 is 0. The number of amides is 1. The van der Waals surface area contributed by atoms with Gasteiger partial charge in [-0.05, 0) is 30.1 Å². The molecule has 4 nitrogen and oxygen atoms in total. The number of nitrogens with two attached hydrogens (primary N) is 1. The number of nitrogens with zero attached hydrogens (tertiary/aromatic N) is 1. The van der Waals surface area contributed by atoms with Crippen molar-refractivity contribution < 1.29 is 9.90 Å². The highest BCUT2D eigenvalue weighted by molar-refractivity contribution is 5.79. The van der Waals surface area contributed by atoms with Gasteiger partial charge in [0, 0.05) is 19.1 Å². The van der Waals surface area contributed by atoms with E-state index < -0.39 is 6.10 Å². The van der Waals surface area contributed by atoms with E-state index >= 15 is 0 Å². The number of rotatable bonds is 2. The van der Waals surface area contributed by atoms with E-state index in [1.807, 2.05) is 4.90 Å². The molecular weight excluding hydrogens is 228 g/mol. The minimum Gasteiger partial charge on any atom is -0.391 e. The molecule has 0 spiro atoms. The van der Waals surface area contributed by atoms with E-state index in [0.29, 0.717) is 6.54 Å². The van der Waals surface area contributed by atoms with Crippen molar-refractivity contribution >= 4 is 5.91 Å². The van der Waals surface area contributed by atoms with Crippen molar-refractivity contribution in [3.8, 4) is 0 Å². The van der Waals surface area contributed by atoms with Gasteiger partial charge in [0.2, 0.25) is 5.91 Å². The molecule has 3 N–H and O–H groups in total. The maximum Gasteiger partial charge on any atom is 0.225 e. The van der Waals surface area contributed by atoms with Gasteiger partial charge in [0.15, 0.2) is 0 Å². The molecule has 0 aromatic rings. The molecule has 0 bridgehead atoms. The molecule has 1 aliphatic heterocycles. The monoisotopic (exact) mass is 254 g/mol. The molecule has 0 aromatic carbocycles. The summed E-state index contributed by atoms with van der Waals surface area (Å²) in [4.78, 5) is 13.6. The fourth-order valence-corrected chi connectivity index (χ4v) is 4.20. The normalized spacial score (nSPS) is 40.3. The lowest BCUT2D eigenvalue weighted by Gasteiger charge is -2.47. The Morgan fingerprint density at radius 1 is 1.39 bits per heavy atom. The quantitative estimate of drug-likeness (QED) is 0.776. The number of carbonyl (C=O) groups is 1. The second kappa shape index (κ2) is 4.49. The van der Waals surface area contributed by atoms with E-state index in [-0.39, 0.29) is 29.2 Å². The average Bonchev–Trinajstić information content (AvgIpc) is 2.38. The standard InChI is InChI=1S/C14H26N2O2/c1-13(2)5-10(15)6-14(3,8-13)9-16-7-11(17)4-12(16)18/h10-11,17H,4-9,15H2,1-3H3. The van der Waals surface area contributed by atoms with Gasteiger partial charge in [-0.15, -0.1) is 0 Å². The lowest BCUT2D eigenvalue weighted by molar-refractivity contribution is -0.129. The number of aliphatic hydroxyl groups excluding tert-OH is 1. The van der Waals surface area contributed by atoms with Gasteiger partial charge in [0.1, 0.15) is 0 Å². The predicted molar refractivity (Wildman–Crippen MR) is 70.9 cm³/mol. The Balaban J connectivity index is 2.05. The van der Waals surface area contributed by atoms with Crippen molar-refractivity contribution in [2.24, 2.45) is 16.6 Å². The summed E-state index contributed by atoms with van der Waals surface area (Å²) in [6.45, 7) is 7.96. The molecule has 18 heavy (non-hydrogen) atoms. The van der Waals surface area contributed by atoms with Gasteiger partial charge in [0.05, 0.1) is 12.5 Å². The smallest absolute Gasteiger partial charge is 0.225 e. The molecular formula is C14H26N2O2. The first-order valence-corrected chi connectivity index (χ1v) is 6.91. The van der Waals surface area contributed by atoms with E-state index in [1.165, 1.54) is 0 Å². The zero-order chi connectivity index (χ0) is 13.6. The number of likely N-dealkylation sites (tertiary alicyclic amines) is 1. The van der Waals surface area contributed by atoms with Gasteiger partial charge >= 0.3 is 0 Å². The molecule has 1 amide bonds. The lowest BCUT2D eigenvalue weighted by atomic mass is 9.62. The van der Waals surface area contributed by atoms with Gasteiger partial charge in [-0.3, -0.25) is 4.79 Å². The van der Waals surface area contributed by atoms with Crippen LogP contribution in [0, 0.1) is 10.8 Å². The van der Waals surface area contributed by atoms with Crippen LogP contribution in [0.1, 0.15) is 46.5 Å². The summed E-state index contributed by atoms with van der Waals surface area (Å²) >= 11 is 0. The van der Waals surface area contributed by atoms with E-state index in [4.69, 9.17) is 5.73 Å². The number of aliphatic hydroxyl groups is 1. The number of β-amino-alcohol motifs (C(OH)–C–C–N with tert-alkyl or cyclic N) is 1. The van der Waals surface area contributed by atoms with Crippen LogP contribution in [-0.2, 0) is 4.79 Å². The predicted octanol–water partition coefficient (Wildman–Crippen LogP) is 1.12. The van der Waals surface area contributed by atoms with Gasteiger partial charge in [-0.25, -0.2) is 0 Å². The molecule has 1 saturated heterocycles. The van der Waals surface area contributed by atoms with Crippen LogP contribution in [0.4, 0.5) is 0 Å². The molecule has 1 aliphatic carbocycles. The zero-order valence-corrected chi connectivity index (χ0v) is 11.8. The van der Waals surface area contributed by atoms with Crippen LogP contribution < -0.4 is 5.73 Å². The van der Waals surface area contributed by atoms with Gasteiger partial charge in [0.25, 0.3) is 0 Å². The molecule has 1 saturated carbocycles. The molecule has 0 aromatic heterocycles. The Labute approximate surface area is 110 Å². The molecule has 3 atom stereocenters. The van der Waals surface area contributed by atoms with Gasteiger partial charge < -0.3 is 15.7 Å². The number of hydrogen-bond acceptors (Lipinski definition) is 3. The highest BCUT2D eigenvalue weighted by Crippen LogP contribution is 2.46. The third-order valence-corrected chi connectivity index (χ3v) is 4.24. The molecule has 104 valence electrons. The molecule has 4 heteroatoms. The Hall–Kier alpha value is -0.610. The summed E-state index contributed by atoms with van der Waals surface area (Å²) in [5.74, 6) is 0.0840. The highest BCUT2D eigenvalue weighted by atomic mass is 16.3. The molecule has 2 aliphatic rings. The third-order valence-electron chi connectivity index (χ3n) is 4.24. The van der Waals surface area contributed by atoms with Crippen molar-refractivity contribution in [1.29, 1.82) is 0 Å². The maximum atomic E-state index is 11.8. The molecule has 2 fully saturated rings. The number of hydrogen-bond donors (Lipinski definition) is 2. The summed E-state index contributed by atoms with van der Waals surface area (Å²) in [5.41, 5.74) is 6.50. The van der Waals surface area contributed by atoms with Crippen LogP contribution in [0.5, 0.6) is 0 Å². The average molecular weight is 254 g/mol. The summed E-state index contributed by atoms with van der Waals surface area (Å²) in [6.07, 6.45) is 2.92. The Kier molecular flexibility index (Phi) is 3.45. The summed E-state index contributed by atoms with van der Waals surface area (Å²) in [5, 5.41) is 9.55. The first-order chi connectivity index (χ1) is 8.19. The van der Waals surface area contributed by atoms with Crippen molar-refractivity contribution in [3.63, 3.8) is 0 Å². The maximum absolute atomic E-state index is 11.8. The van der Waals surface area contributed by atoms with Gasteiger partial charge in [-0.2, -0.15) is 0 Å². The Morgan fingerprint density at radius 2 is 2.06 bits per heavy atom. The van der Waals surface area contributed by atoms with Gasteiger partial charge in [-0.1, -0.05) is 20.8 Å². The van der Waals surface area contributed by atoms with Crippen LogP contribution in [0.2, 0.25) is 0 Å². The van der Waals surface area contributed by atoms with Crippen molar-refractivity contribution in [2.75, 3.05) is 13.1 Å². The van der Waals surface area contributed by atoms with Crippen LogP contribution in [0.15, 0.2) is 0 Å². The minimum absolute atomic E-state index is 0.0840. The van der Waals surface area contributed by atoms with Crippen molar-refractivity contribution in [2.45, 2.75) is 58.6 Å². The van der Waals surface area contributed by atoms with E-state index in [1.54, 1.807) is 0 Å².